The van der Waals surface area contributed by atoms with Crippen LogP contribution in [0.3, 0.4) is 0 Å². The lowest BCUT2D eigenvalue weighted by atomic mass is 9.43. The van der Waals surface area contributed by atoms with Gasteiger partial charge in [0.25, 0.3) is 5.91 Å². The number of nitrogens with one attached hydrogen (secondary N) is 3. The zero-order valence-corrected chi connectivity index (χ0v) is 25.6. The second-order valence-corrected chi connectivity index (χ2v) is 13.3. The molecule has 0 unspecified atom stereocenters. The van der Waals surface area contributed by atoms with Crippen molar-refractivity contribution in [3.05, 3.63) is 35.1 Å². The largest absolute Gasteiger partial charge is 0.481 e. The van der Waals surface area contributed by atoms with Crippen LogP contribution in [0.25, 0.3) is 0 Å². The quantitative estimate of drug-likeness (QED) is 0.140. The molecule has 0 aromatic heterocycles. The van der Waals surface area contributed by atoms with E-state index in [2.05, 4.69) is 55.6 Å². The molecule has 5 rings (SSSR count). The lowest BCUT2D eigenvalue weighted by Crippen LogP contribution is -2.65. The summed E-state index contributed by atoms with van der Waals surface area (Å²) in [5, 5.41) is 8.89. The maximum atomic E-state index is 14.5. The number of rotatable bonds is 11. The fraction of sp³-hybridized carbons (Fsp3) is 0.700. The summed E-state index contributed by atoms with van der Waals surface area (Å²) in [5.41, 5.74) is 6.20. The number of aryl methyl sites for hydroxylation is 1. The molecule has 2 amide bonds. The van der Waals surface area contributed by atoms with Gasteiger partial charge in [0.2, 0.25) is 5.91 Å². The summed E-state index contributed by atoms with van der Waals surface area (Å²) in [4.78, 5) is 30.8. The number of guanidine groups is 1. The topological polar surface area (TPSA) is 127 Å². The predicted octanol–water partition coefficient (Wildman–Crippen LogP) is 3.35. The van der Waals surface area contributed by atoms with Gasteiger partial charge in [-0.25, -0.2) is 4.39 Å². The Bertz CT molecular complexity index is 1160. The summed E-state index contributed by atoms with van der Waals surface area (Å²) < 4.78 is 27.7. The van der Waals surface area contributed by atoms with Crippen LogP contribution < -0.4 is 21.7 Å². The minimum Gasteiger partial charge on any atom is -0.404 e. The molecule has 0 radical (unpaired) electrons. The maximum Gasteiger partial charge on any atom is 0.481 e. The smallest absolute Gasteiger partial charge is 0.404 e. The zero-order valence-electron chi connectivity index (χ0n) is 25.6. The number of aliphatic imine (C=N–C) groups is 1. The third-order valence-electron chi connectivity index (χ3n) is 9.56. The summed E-state index contributed by atoms with van der Waals surface area (Å²) in [7, 11) is 0.998. The summed E-state index contributed by atoms with van der Waals surface area (Å²) in [6.45, 7) is 13.2. The average molecular weight is 572 g/mol. The highest BCUT2D eigenvalue weighted by Gasteiger charge is 2.68. The van der Waals surface area contributed by atoms with Crippen LogP contribution in [0.5, 0.6) is 0 Å². The van der Waals surface area contributed by atoms with Crippen LogP contribution in [0, 0.1) is 35.9 Å². The number of amides is 2. The number of benzene rings is 1. The Balaban J connectivity index is 1.49. The van der Waals surface area contributed by atoms with Gasteiger partial charge in [0, 0.05) is 13.6 Å². The van der Waals surface area contributed by atoms with E-state index in [4.69, 9.17) is 15.0 Å². The molecule has 9 nitrogen and oxygen atoms in total. The van der Waals surface area contributed by atoms with E-state index >= 15 is 0 Å². The first kappa shape index (κ1) is 31.3. The molecule has 1 saturated heterocycles. The number of nitrogens with two attached hydrogens (primary N) is 1. The van der Waals surface area contributed by atoms with Gasteiger partial charge in [-0.05, 0) is 81.3 Å². The molecule has 3 aliphatic carbocycles. The van der Waals surface area contributed by atoms with Gasteiger partial charge >= 0.3 is 7.12 Å². The van der Waals surface area contributed by atoms with E-state index in [1.165, 1.54) is 12.1 Å². The molecule has 4 fully saturated rings. The lowest BCUT2D eigenvalue weighted by Gasteiger charge is -2.64. The van der Waals surface area contributed by atoms with Crippen LogP contribution in [-0.4, -0.2) is 62.2 Å². The zero-order chi connectivity index (χ0) is 30.1. The van der Waals surface area contributed by atoms with E-state index in [1.54, 1.807) is 20.0 Å². The van der Waals surface area contributed by atoms with Crippen LogP contribution in [0.1, 0.15) is 82.6 Å². The second-order valence-electron chi connectivity index (χ2n) is 13.3. The van der Waals surface area contributed by atoms with E-state index in [1.807, 2.05) is 0 Å². The molecule has 1 aromatic rings. The van der Waals surface area contributed by atoms with Gasteiger partial charge in [-0.2, -0.15) is 0 Å². The van der Waals surface area contributed by atoms with E-state index < -0.39 is 36.4 Å². The molecule has 1 aromatic carbocycles. The Labute approximate surface area is 244 Å². The van der Waals surface area contributed by atoms with Crippen molar-refractivity contribution in [2.45, 2.75) is 97.3 Å². The molecule has 3 saturated carbocycles. The number of carbonyl (C=O) groups is 2. The van der Waals surface area contributed by atoms with Gasteiger partial charge in [-0.1, -0.05) is 39.3 Å². The van der Waals surface area contributed by atoms with Gasteiger partial charge in [0.15, 0.2) is 5.96 Å². The first-order valence-electron chi connectivity index (χ1n) is 14.9. The second kappa shape index (κ2) is 12.3. The SMILES string of the molecule is CN=C(N)NCCC[C@H](NC(=O)c1cc(C)ccc1F)C(=O)N[C@@H](CC(C)C)B1O[C@@H]2C[C@@H]3C[C@@H](C3(C)C)[C@]2(C)O1. The molecular weight excluding hydrogens is 524 g/mol. The normalized spacial score (nSPS) is 28.0. The van der Waals surface area contributed by atoms with Crippen LogP contribution in [0.15, 0.2) is 23.2 Å². The van der Waals surface area contributed by atoms with Crippen molar-refractivity contribution in [3.8, 4) is 0 Å². The van der Waals surface area contributed by atoms with E-state index in [0.29, 0.717) is 43.6 Å². The molecule has 6 atom stereocenters. The van der Waals surface area contributed by atoms with Crippen molar-refractivity contribution < 1.29 is 23.3 Å². The lowest BCUT2D eigenvalue weighted by molar-refractivity contribution is -0.199. The van der Waals surface area contributed by atoms with Crippen LogP contribution in [0.2, 0.25) is 0 Å². The number of hydrogen-bond acceptors (Lipinski definition) is 5. The number of halogens is 1. The van der Waals surface area contributed by atoms with Crippen LogP contribution in [0.4, 0.5) is 4.39 Å². The predicted molar refractivity (Wildman–Crippen MR) is 159 cm³/mol. The van der Waals surface area contributed by atoms with Gasteiger partial charge in [-0.3, -0.25) is 14.6 Å². The summed E-state index contributed by atoms with van der Waals surface area (Å²) in [5.74, 6) is -0.447. The van der Waals surface area contributed by atoms with Gasteiger partial charge in [0.05, 0.1) is 23.2 Å². The summed E-state index contributed by atoms with van der Waals surface area (Å²) >= 11 is 0. The highest BCUT2D eigenvalue weighted by atomic mass is 19.1. The first-order chi connectivity index (χ1) is 19.3. The van der Waals surface area contributed by atoms with E-state index in [-0.39, 0.29) is 28.9 Å². The van der Waals surface area contributed by atoms with Gasteiger partial charge < -0.3 is 31.0 Å². The molecular formula is C30H47BFN5O4. The van der Waals surface area contributed by atoms with Gasteiger partial charge in [0.1, 0.15) is 11.9 Å². The Hall–Kier alpha value is -2.66. The van der Waals surface area contributed by atoms with Crippen molar-refractivity contribution in [1.82, 2.24) is 16.0 Å². The first-order valence-corrected chi connectivity index (χ1v) is 14.9. The minimum atomic E-state index is -0.898. The summed E-state index contributed by atoms with van der Waals surface area (Å²) in [6, 6.07) is 3.44. The summed E-state index contributed by atoms with van der Waals surface area (Å²) in [6.07, 6.45) is 3.57. The van der Waals surface area contributed by atoms with Crippen molar-refractivity contribution in [1.29, 1.82) is 0 Å². The highest BCUT2D eigenvalue weighted by molar-refractivity contribution is 6.48. The molecule has 5 N–H and O–H groups in total. The van der Waals surface area contributed by atoms with E-state index in [9.17, 15) is 14.0 Å². The maximum absolute atomic E-state index is 14.5. The van der Waals surface area contributed by atoms with Crippen molar-refractivity contribution >= 4 is 24.9 Å². The third-order valence-corrected chi connectivity index (χ3v) is 9.56. The Morgan fingerprint density at radius 3 is 2.61 bits per heavy atom. The minimum absolute atomic E-state index is 0.00704. The van der Waals surface area contributed by atoms with E-state index in [0.717, 1.165) is 18.4 Å². The molecule has 11 heteroatoms. The number of nitrogens with zero attached hydrogens (tertiary/aromatic N) is 1. The molecule has 4 aliphatic rings. The fourth-order valence-corrected chi connectivity index (χ4v) is 7.02. The highest BCUT2D eigenvalue weighted by Crippen LogP contribution is 2.65. The van der Waals surface area contributed by atoms with Crippen LogP contribution in [-0.2, 0) is 14.1 Å². The Kier molecular flexibility index (Phi) is 9.38. The third kappa shape index (κ3) is 6.56. The Morgan fingerprint density at radius 2 is 1.95 bits per heavy atom. The van der Waals surface area contributed by atoms with Gasteiger partial charge in [-0.15, -0.1) is 0 Å². The Morgan fingerprint density at radius 1 is 1.22 bits per heavy atom. The molecule has 0 spiro atoms. The average Bonchev–Trinajstić information content (AvgIpc) is 3.27. The molecule has 1 aliphatic heterocycles. The molecule has 2 bridgehead atoms. The van der Waals surface area contributed by atoms with Crippen molar-refractivity contribution in [3.63, 3.8) is 0 Å². The molecule has 1 heterocycles. The standard InChI is InChI=1S/C30H47BFN5O4/c1-17(2)13-25(31-40-24-16-19-15-23(29(19,4)5)30(24,6)41-31)37-27(39)22(9-8-12-35-28(33)34-7)36-26(38)20-14-18(3)10-11-21(20)32/h10-11,14,17,19,22-25H,8-9,12-13,15-16H2,1-7H3,(H,36,38)(H,37,39)(H3,33,34,35)/t19-,22-,23-,24+,25-,30-/m0/s1. The number of hydrogen-bond donors (Lipinski definition) is 4. The van der Waals surface area contributed by atoms with Crippen LogP contribution >= 0.6 is 0 Å². The monoisotopic (exact) mass is 571 g/mol. The van der Waals surface area contributed by atoms with Crippen molar-refractivity contribution in [2.75, 3.05) is 13.6 Å². The van der Waals surface area contributed by atoms with Crippen molar-refractivity contribution in [2.24, 2.45) is 33.9 Å². The fourth-order valence-electron chi connectivity index (χ4n) is 7.02. The molecule has 226 valence electrons. The molecule has 41 heavy (non-hydrogen) atoms. The number of carbonyl (C=O) groups excluding carboxylic acids is 2.